The molecule has 0 aliphatic carbocycles. The fraction of sp³-hybridized carbons (Fsp3) is 0.623. The SMILES string of the molecule is CC\C=C/C=C\C=C/C=C\C=C/CCCCCC(=O)OCC(COC(=O)CCCCCCC/C=C\C=C/CCCCCCCCC)OC(=O)CCCCCCCC/C=C\C/C=C\C/C=C\CC. The lowest BCUT2D eigenvalue weighted by Gasteiger charge is -2.18. The van der Waals surface area contributed by atoms with Gasteiger partial charge in [0, 0.05) is 19.3 Å². The molecule has 0 rings (SSSR count). The molecule has 378 valence electrons. The summed E-state index contributed by atoms with van der Waals surface area (Å²) in [5.41, 5.74) is 0. The van der Waals surface area contributed by atoms with Crippen LogP contribution in [0.3, 0.4) is 0 Å². The minimum Gasteiger partial charge on any atom is -0.462 e. The molecular weight excluding hydrogens is 829 g/mol. The first-order valence-corrected chi connectivity index (χ1v) is 27.1. The Morgan fingerprint density at radius 2 is 0.657 bits per heavy atom. The van der Waals surface area contributed by atoms with Crippen molar-refractivity contribution in [3.8, 4) is 0 Å². The van der Waals surface area contributed by atoms with E-state index < -0.39 is 6.10 Å². The summed E-state index contributed by atoms with van der Waals surface area (Å²) < 4.78 is 16.8. The highest BCUT2D eigenvalue weighted by molar-refractivity contribution is 5.71. The summed E-state index contributed by atoms with van der Waals surface area (Å²) >= 11 is 0. The third-order valence-electron chi connectivity index (χ3n) is 11.1. The highest BCUT2D eigenvalue weighted by Crippen LogP contribution is 2.13. The van der Waals surface area contributed by atoms with Crippen molar-refractivity contribution < 1.29 is 28.6 Å². The minimum absolute atomic E-state index is 0.109. The van der Waals surface area contributed by atoms with Crippen LogP contribution in [0.1, 0.15) is 226 Å². The summed E-state index contributed by atoms with van der Waals surface area (Å²) in [6.45, 7) is 6.31. The highest BCUT2D eigenvalue weighted by atomic mass is 16.6. The molecule has 0 radical (unpaired) electrons. The third kappa shape index (κ3) is 52.6. The van der Waals surface area contributed by atoms with Crippen molar-refractivity contribution in [1.29, 1.82) is 0 Å². The minimum atomic E-state index is -0.813. The van der Waals surface area contributed by atoms with Crippen LogP contribution < -0.4 is 0 Å². The molecule has 1 unspecified atom stereocenters. The van der Waals surface area contributed by atoms with E-state index >= 15 is 0 Å². The molecule has 0 amide bonds. The molecule has 0 saturated heterocycles. The number of hydrogen-bond acceptors (Lipinski definition) is 6. The lowest BCUT2D eigenvalue weighted by molar-refractivity contribution is -0.167. The Morgan fingerprint density at radius 3 is 1.12 bits per heavy atom. The van der Waals surface area contributed by atoms with Gasteiger partial charge >= 0.3 is 17.9 Å². The van der Waals surface area contributed by atoms with Crippen molar-refractivity contribution in [3.63, 3.8) is 0 Å². The highest BCUT2D eigenvalue weighted by Gasteiger charge is 2.19. The Bertz CT molecular complexity index is 1440. The van der Waals surface area contributed by atoms with Gasteiger partial charge in [-0.25, -0.2) is 0 Å². The van der Waals surface area contributed by atoms with E-state index in [2.05, 4.69) is 93.7 Å². The van der Waals surface area contributed by atoms with Gasteiger partial charge in [0.15, 0.2) is 6.10 Å². The molecule has 1 atom stereocenters. The maximum absolute atomic E-state index is 12.8. The Labute approximate surface area is 412 Å². The largest absolute Gasteiger partial charge is 0.462 e. The number of carbonyl (C=O) groups excluding carboxylic acids is 3. The molecule has 0 aromatic heterocycles. The maximum atomic E-state index is 12.8. The monoisotopic (exact) mass is 927 g/mol. The smallest absolute Gasteiger partial charge is 0.306 e. The van der Waals surface area contributed by atoms with E-state index in [0.717, 1.165) is 122 Å². The van der Waals surface area contributed by atoms with Crippen molar-refractivity contribution in [2.75, 3.05) is 13.2 Å². The van der Waals surface area contributed by atoms with E-state index in [1.54, 1.807) is 0 Å². The molecule has 0 heterocycles. The van der Waals surface area contributed by atoms with Gasteiger partial charge in [0.25, 0.3) is 0 Å². The topological polar surface area (TPSA) is 78.9 Å². The van der Waals surface area contributed by atoms with Crippen LogP contribution in [-0.4, -0.2) is 37.2 Å². The van der Waals surface area contributed by atoms with Crippen molar-refractivity contribution >= 4 is 17.9 Å². The van der Waals surface area contributed by atoms with Crippen LogP contribution >= 0.6 is 0 Å². The molecule has 0 aliphatic rings. The molecule has 0 spiro atoms. The van der Waals surface area contributed by atoms with E-state index in [-0.39, 0.29) is 31.1 Å². The second-order valence-electron chi connectivity index (χ2n) is 17.5. The first-order valence-electron chi connectivity index (χ1n) is 27.1. The van der Waals surface area contributed by atoms with E-state index in [4.69, 9.17) is 14.2 Å². The molecule has 0 bridgehead atoms. The molecular formula is C61H98O6. The van der Waals surface area contributed by atoms with Gasteiger partial charge in [-0.15, -0.1) is 0 Å². The Balaban J connectivity index is 4.52. The standard InChI is InChI=1S/C61H98O6/c1-4-7-10-13-16-19-22-25-28-30-31-34-36-39-42-45-48-51-54-60(63)66-57-58(56-65-59(62)53-50-47-44-41-38-35-32-27-24-21-18-15-12-9-6-3)67-61(64)55-52-49-46-43-40-37-33-29-26-23-20-17-14-11-8-5-2/h8-9,11-12,15,17-18,20-21,24,26-32,34-35,38,58H,4-7,10,13-14,16,19,22-23,25,33,36-37,39-57H2,1-3H3/b11-8-,12-9-,18-15-,20-17-,24-21-,29-26-,30-28-,32-27-,34-31-,38-35-. The van der Waals surface area contributed by atoms with Gasteiger partial charge in [-0.2, -0.15) is 0 Å². The zero-order chi connectivity index (χ0) is 48.6. The van der Waals surface area contributed by atoms with E-state index in [9.17, 15) is 14.4 Å². The zero-order valence-electron chi connectivity index (χ0n) is 43.1. The molecule has 0 aromatic rings. The molecule has 0 aromatic carbocycles. The second kappa shape index (κ2) is 54.4. The van der Waals surface area contributed by atoms with Crippen molar-refractivity contribution in [2.45, 2.75) is 232 Å². The zero-order valence-corrected chi connectivity index (χ0v) is 43.1. The third-order valence-corrected chi connectivity index (χ3v) is 11.1. The lowest BCUT2D eigenvalue weighted by atomic mass is 10.1. The van der Waals surface area contributed by atoms with Gasteiger partial charge < -0.3 is 14.2 Å². The molecule has 0 saturated carbocycles. The summed E-state index contributed by atoms with van der Waals surface area (Å²) in [5, 5.41) is 0. The van der Waals surface area contributed by atoms with Gasteiger partial charge in [0.2, 0.25) is 0 Å². The number of hydrogen-bond donors (Lipinski definition) is 0. The number of unbranched alkanes of at least 4 members (excludes halogenated alkanes) is 21. The molecule has 0 N–H and O–H groups in total. The Morgan fingerprint density at radius 1 is 0.328 bits per heavy atom. The summed E-state index contributed by atoms with van der Waals surface area (Å²) in [7, 11) is 0. The number of allylic oxidation sites excluding steroid dienone is 20. The number of carbonyl (C=O) groups is 3. The van der Waals surface area contributed by atoms with Crippen LogP contribution in [-0.2, 0) is 28.6 Å². The van der Waals surface area contributed by atoms with Gasteiger partial charge in [-0.1, -0.05) is 232 Å². The van der Waals surface area contributed by atoms with E-state index in [0.29, 0.717) is 19.3 Å². The summed E-state index contributed by atoms with van der Waals surface area (Å²) in [6.07, 6.45) is 74.7. The lowest BCUT2D eigenvalue weighted by Crippen LogP contribution is -2.30. The number of rotatable bonds is 47. The average Bonchev–Trinajstić information content (AvgIpc) is 3.33. The van der Waals surface area contributed by atoms with Crippen LogP contribution in [0.2, 0.25) is 0 Å². The van der Waals surface area contributed by atoms with Crippen LogP contribution in [0.4, 0.5) is 0 Å². The first kappa shape index (κ1) is 62.8. The quantitative estimate of drug-likeness (QED) is 0.0199. The first-order chi connectivity index (χ1) is 33.0. The van der Waals surface area contributed by atoms with Gasteiger partial charge in [-0.3, -0.25) is 14.4 Å². The van der Waals surface area contributed by atoms with Gasteiger partial charge in [-0.05, 0) is 96.3 Å². The molecule has 6 heteroatoms. The Hall–Kier alpha value is -4.19. The predicted molar refractivity (Wildman–Crippen MR) is 288 cm³/mol. The summed E-state index contributed by atoms with van der Waals surface area (Å²) in [5.74, 6) is -0.983. The van der Waals surface area contributed by atoms with Crippen molar-refractivity contribution in [2.24, 2.45) is 0 Å². The average molecular weight is 927 g/mol. The summed E-state index contributed by atoms with van der Waals surface area (Å²) in [4.78, 5) is 38.1. The predicted octanol–water partition coefficient (Wildman–Crippen LogP) is 18.1. The van der Waals surface area contributed by atoms with Crippen molar-refractivity contribution in [3.05, 3.63) is 122 Å². The normalized spacial score (nSPS) is 13.1. The maximum Gasteiger partial charge on any atom is 0.306 e. The van der Waals surface area contributed by atoms with Gasteiger partial charge in [0.1, 0.15) is 13.2 Å². The number of esters is 3. The fourth-order valence-electron chi connectivity index (χ4n) is 7.06. The van der Waals surface area contributed by atoms with Crippen LogP contribution in [0.5, 0.6) is 0 Å². The molecule has 0 aliphatic heterocycles. The second-order valence-corrected chi connectivity index (χ2v) is 17.5. The molecule has 67 heavy (non-hydrogen) atoms. The van der Waals surface area contributed by atoms with Crippen LogP contribution in [0.25, 0.3) is 0 Å². The van der Waals surface area contributed by atoms with E-state index in [1.165, 1.54) is 64.2 Å². The fourth-order valence-corrected chi connectivity index (χ4v) is 7.06. The Kier molecular flexibility index (Phi) is 51.0. The van der Waals surface area contributed by atoms with E-state index in [1.807, 2.05) is 48.6 Å². The van der Waals surface area contributed by atoms with Crippen LogP contribution in [0.15, 0.2) is 122 Å². The van der Waals surface area contributed by atoms with Crippen molar-refractivity contribution in [1.82, 2.24) is 0 Å². The van der Waals surface area contributed by atoms with Gasteiger partial charge in [0.05, 0.1) is 0 Å². The number of ether oxygens (including phenoxy) is 3. The summed E-state index contributed by atoms with van der Waals surface area (Å²) in [6, 6.07) is 0. The molecule has 0 fully saturated rings. The molecule has 6 nitrogen and oxygen atoms in total. The van der Waals surface area contributed by atoms with Crippen LogP contribution in [0, 0.1) is 0 Å².